The van der Waals surface area contributed by atoms with Gasteiger partial charge in [-0.2, -0.15) is 0 Å². The number of nitrogens with zero attached hydrogens (tertiary/aromatic N) is 2. The van der Waals surface area contributed by atoms with Crippen molar-refractivity contribution >= 4 is 23.1 Å². The Labute approximate surface area is 115 Å². The first-order valence-corrected chi connectivity index (χ1v) is 6.69. The van der Waals surface area contributed by atoms with E-state index in [1.807, 2.05) is 12.3 Å². The number of nitrogens with two attached hydrogens (primary N) is 1. The lowest BCUT2D eigenvalue weighted by atomic mass is 10.2. The molecule has 6 nitrogen and oxygen atoms in total. The predicted octanol–water partition coefficient (Wildman–Crippen LogP) is 1.36. The second kappa shape index (κ2) is 6.26. The normalized spacial score (nSPS) is 11.9. The van der Waals surface area contributed by atoms with Gasteiger partial charge in [0.2, 0.25) is 0 Å². The summed E-state index contributed by atoms with van der Waals surface area (Å²) in [7, 11) is 0. The molecule has 0 spiro atoms. The average molecular weight is 277 g/mol. The maximum Gasteiger partial charge on any atom is 0.252 e. The van der Waals surface area contributed by atoms with E-state index in [-0.39, 0.29) is 11.8 Å². The van der Waals surface area contributed by atoms with E-state index in [1.54, 1.807) is 29.7 Å². The highest BCUT2D eigenvalue weighted by atomic mass is 32.1. The smallest absolute Gasteiger partial charge is 0.252 e. The minimum absolute atomic E-state index is 0.153. The Morgan fingerprint density at radius 1 is 1.47 bits per heavy atom. The van der Waals surface area contributed by atoms with Crippen molar-refractivity contribution in [3.05, 3.63) is 40.5 Å². The number of pyridine rings is 1. The highest BCUT2D eigenvalue weighted by Crippen LogP contribution is 2.16. The molecule has 4 N–H and O–H groups in total. The summed E-state index contributed by atoms with van der Waals surface area (Å²) in [6.07, 6.45) is 3.25. The molecule has 0 aromatic carbocycles. The molecule has 7 heteroatoms. The van der Waals surface area contributed by atoms with Crippen molar-refractivity contribution in [2.24, 2.45) is 5.84 Å². The number of rotatable bonds is 5. The number of carbonyl (C=O) groups is 1. The monoisotopic (exact) mass is 277 g/mol. The molecule has 0 aliphatic carbocycles. The van der Waals surface area contributed by atoms with E-state index in [2.05, 4.69) is 20.7 Å². The number of aromatic nitrogens is 2. The molecule has 0 saturated heterocycles. The number of carbonyl (C=O) groups excluding carboxylic acids is 1. The lowest BCUT2D eigenvalue weighted by Crippen LogP contribution is -2.27. The quantitative estimate of drug-likeness (QED) is 0.567. The zero-order valence-corrected chi connectivity index (χ0v) is 11.3. The van der Waals surface area contributed by atoms with Crippen molar-refractivity contribution in [1.29, 1.82) is 0 Å². The van der Waals surface area contributed by atoms with E-state index < -0.39 is 0 Å². The molecular weight excluding hydrogens is 262 g/mol. The van der Waals surface area contributed by atoms with Crippen LogP contribution in [-0.4, -0.2) is 22.4 Å². The topological polar surface area (TPSA) is 92.9 Å². The first-order chi connectivity index (χ1) is 9.20. The lowest BCUT2D eigenvalue weighted by molar-refractivity contribution is 0.0951. The largest absolute Gasteiger partial charge is 0.351 e. The number of thiazole rings is 1. The summed E-state index contributed by atoms with van der Waals surface area (Å²) in [5.74, 6) is 5.77. The summed E-state index contributed by atoms with van der Waals surface area (Å²) in [5.41, 5.74) is 2.92. The van der Waals surface area contributed by atoms with Gasteiger partial charge >= 0.3 is 0 Å². The summed E-state index contributed by atoms with van der Waals surface area (Å²) >= 11 is 1.59. The fraction of sp³-hybridized carbons (Fsp3) is 0.250. The first-order valence-electron chi connectivity index (χ1n) is 5.81. The highest BCUT2D eigenvalue weighted by molar-refractivity contribution is 7.09. The van der Waals surface area contributed by atoms with Crippen LogP contribution in [0.2, 0.25) is 0 Å². The van der Waals surface area contributed by atoms with Crippen molar-refractivity contribution in [3.8, 4) is 0 Å². The van der Waals surface area contributed by atoms with Crippen LogP contribution >= 0.6 is 11.3 Å². The van der Waals surface area contributed by atoms with Crippen LogP contribution in [0.25, 0.3) is 0 Å². The molecule has 0 radical (unpaired) electrons. The van der Waals surface area contributed by atoms with Crippen LogP contribution in [0.5, 0.6) is 0 Å². The number of nitrogens with one attached hydrogen (secondary N) is 2. The number of amides is 1. The molecule has 2 rings (SSSR count). The number of hydrogen-bond acceptors (Lipinski definition) is 6. The van der Waals surface area contributed by atoms with Crippen molar-refractivity contribution in [1.82, 2.24) is 15.3 Å². The Hall–Kier alpha value is -1.99. The van der Waals surface area contributed by atoms with Gasteiger partial charge in [0.25, 0.3) is 5.91 Å². The van der Waals surface area contributed by atoms with Gasteiger partial charge in [-0.15, -0.1) is 11.3 Å². The van der Waals surface area contributed by atoms with Gasteiger partial charge in [0.15, 0.2) is 0 Å². The van der Waals surface area contributed by atoms with Crippen LogP contribution in [0, 0.1) is 0 Å². The van der Waals surface area contributed by atoms with Crippen molar-refractivity contribution in [2.75, 3.05) is 12.0 Å². The summed E-state index contributed by atoms with van der Waals surface area (Å²) in [6.45, 7) is 2.57. The molecule has 1 unspecified atom stereocenters. The second-order valence-corrected chi connectivity index (χ2v) is 4.98. The van der Waals surface area contributed by atoms with Gasteiger partial charge in [-0.3, -0.25) is 4.79 Å². The third-order valence-corrected chi connectivity index (χ3v) is 3.62. The fourth-order valence-electron chi connectivity index (χ4n) is 1.53. The van der Waals surface area contributed by atoms with E-state index in [1.165, 1.54) is 6.20 Å². The maximum absolute atomic E-state index is 11.9. The van der Waals surface area contributed by atoms with E-state index in [9.17, 15) is 4.79 Å². The molecular formula is C12H15N5OS. The van der Waals surface area contributed by atoms with E-state index in [0.29, 0.717) is 17.9 Å². The van der Waals surface area contributed by atoms with Crippen molar-refractivity contribution < 1.29 is 4.79 Å². The van der Waals surface area contributed by atoms with Crippen LogP contribution in [0.15, 0.2) is 29.9 Å². The van der Waals surface area contributed by atoms with Crippen LogP contribution in [0.3, 0.4) is 0 Å². The first kappa shape index (κ1) is 13.4. The number of anilines is 1. The highest BCUT2D eigenvalue weighted by Gasteiger charge is 2.11. The third-order valence-electron chi connectivity index (χ3n) is 2.62. The Morgan fingerprint density at radius 2 is 2.32 bits per heavy atom. The third kappa shape index (κ3) is 3.49. The minimum atomic E-state index is -0.153. The molecule has 0 fully saturated rings. The van der Waals surface area contributed by atoms with Crippen molar-refractivity contribution in [2.45, 2.75) is 12.8 Å². The molecule has 0 saturated carbocycles. The lowest BCUT2D eigenvalue weighted by Gasteiger charge is -2.10. The zero-order chi connectivity index (χ0) is 13.7. The maximum atomic E-state index is 11.9. The van der Waals surface area contributed by atoms with Crippen molar-refractivity contribution in [3.63, 3.8) is 0 Å². The molecule has 0 aliphatic heterocycles. The van der Waals surface area contributed by atoms with Crippen LogP contribution in [0.1, 0.15) is 28.2 Å². The fourth-order valence-corrected chi connectivity index (χ4v) is 2.23. The molecule has 2 aromatic heterocycles. The Kier molecular flexibility index (Phi) is 4.43. The standard InChI is InChI=1S/C12H15N5OS/c1-8(12-14-4-5-19-12)6-16-11(18)9-2-3-10(17-13)15-7-9/h2-5,7-8H,6,13H2,1H3,(H,15,17)(H,16,18). The van der Waals surface area contributed by atoms with Crippen LogP contribution in [-0.2, 0) is 0 Å². The molecule has 0 bridgehead atoms. The second-order valence-electron chi connectivity index (χ2n) is 4.06. The summed E-state index contributed by atoms with van der Waals surface area (Å²) in [6, 6.07) is 3.32. The molecule has 19 heavy (non-hydrogen) atoms. The predicted molar refractivity (Wildman–Crippen MR) is 74.9 cm³/mol. The minimum Gasteiger partial charge on any atom is -0.351 e. The van der Waals surface area contributed by atoms with Gasteiger partial charge in [-0.05, 0) is 12.1 Å². The van der Waals surface area contributed by atoms with E-state index in [0.717, 1.165) is 5.01 Å². The van der Waals surface area contributed by atoms with Gasteiger partial charge in [0.05, 0.1) is 10.6 Å². The van der Waals surface area contributed by atoms with Gasteiger partial charge in [0.1, 0.15) is 5.82 Å². The Balaban J connectivity index is 1.90. The van der Waals surface area contributed by atoms with Gasteiger partial charge < -0.3 is 10.7 Å². The Bertz CT molecular complexity index is 526. The molecule has 2 aromatic rings. The van der Waals surface area contributed by atoms with Gasteiger partial charge in [0, 0.05) is 30.2 Å². The average Bonchev–Trinajstić information content (AvgIpc) is 2.98. The Morgan fingerprint density at radius 3 is 2.89 bits per heavy atom. The van der Waals surface area contributed by atoms with Gasteiger partial charge in [-0.25, -0.2) is 15.8 Å². The molecule has 0 aliphatic rings. The summed E-state index contributed by atoms with van der Waals surface area (Å²) in [4.78, 5) is 20.1. The van der Waals surface area contributed by atoms with E-state index >= 15 is 0 Å². The van der Waals surface area contributed by atoms with Crippen LogP contribution < -0.4 is 16.6 Å². The number of hydrazine groups is 1. The summed E-state index contributed by atoms with van der Waals surface area (Å²) in [5, 5.41) is 5.80. The molecule has 1 atom stereocenters. The zero-order valence-electron chi connectivity index (χ0n) is 10.5. The van der Waals surface area contributed by atoms with E-state index in [4.69, 9.17) is 5.84 Å². The molecule has 100 valence electrons. The molecule has 1 amide bonds. The number of nitrogen functional groups attached to an aromatic ring is 1. The van der Waals surface area contributed by atoms with Gasteiger partial charge in [-0.1, -0.05) is 6.92 Å². The SMILES string of the molecule is CC(CNC(=O)c1ccc(NN)nc1)c1nccs1. The number of hydrogen-bond donors (Lipinski definition) is 3. The summed E-state index contributed by atoms with van der Waals surface area (Å²) < 4.78 is 0. The van der Waals surface area contributed by atoms with Crippen LogP contribution in [0.4, 0.5) is 5.82 Å². The molecule has 2 heterocycles.